The Kier molecular flexibility index (Phi) is 3.47. The zero-order chi connectivity index (χ0) is 13.0. The molecule has 2 aromatic heterocycles. The maximum Gasteiger partial charge on any atom is 0.343 e. The summed E-state index contributed by atoms with van der Waals surface area (Å²) in [7, 11) is 0. The molecule has 0 atom stereocenters. The van der Waals surface area contributed by atoms with Crippen LogP contribution in [0, 0.1) is 0 Å². The van der Waals surface area contributed by atoms with Crippen molar-refractivity contribution in [3.63, 3.8) is 0 Å². The van der Waals surface area contributed by atoms with Gasteiger partial charge in [0.05, 0.1) is 6.61 Å². The number of carbonyl (C=O) groups is 1. The molecule has 6 nitrogen and oxygen atoms in total. The van der Waals surface area contributed by atoms with Crippen molar-refractivity contribution in [2.24, 2.45) is 0 Å². The maximum absolute atomic E-state index is 11.5. The molecule has 2 aromatic rings. The molecular weight excluding hydrogens is 232 g/mol. The molecule has 0 unspecified atom stereocenters. The van der Waals surface area contributed by atoms with E-state index in [2.05, 4.69) is 15.0 Å². The number of nitrogens with two attached hydrogens (primary N) is 1. The predicted molar refractivity (Wildman–Crippen MR) is 65.6 cm³/mol. The Balaban J connectivity index is 2.34. The summed E-state index contributed by atoms with van der Waals surface area (Å²) >= 11 is 0. The Morgan fingerprint density at radius 3 is 2.83 bits per heavy atom. The molecule has 92 valence electrons. The van der Waals surface area contributed by atoms with E-state index < -0.39 is 5.97 Å². The van der Waals surface area contributed by atoms with Crippen LogP contribution in [-0.2, 0) is 4.74 Å². The topological polar surface area (TPSA) is 91.0 Å². The second-order valence-corrected chi connectivity index (χ2v) is 3.43. The number of aromatic nitrogens is 3. The first kappa shape index (κ1) is 12.0. The van der Waals surface area contributed by atoms with Gasteiger partial charge in [0, 0.05) is 12.4 Å². The van der Waals surface area contributed by atoms with E-state index >= 15 is 0 Å². The Hall–Kier alpha value is -2.50. The number of carbonyl (C=O) groups excluding carboxylic acids is 1. The van der Waals surface area contributed by atoms with Gasteiger partial charge in [-0.3, -0.25) is 4.98 Å². The number of pyridine rings is 1. The van der Waals surface area contributed by atoms with Crippen molar-refractivity contribution >= 4 is 11.8 Å². The number of hydrogen-bond acceptors (Lipinski definition) is 6. The lowest BCUT2D eigenvalue weighted by Crippen LogP contribution is -2.10. The lowest BCUT2D eigenvalue weighted by atomic mass is 10.3. The van der Waals surface area contributed by atoms with Crippen molar-refractivity contribution in [3.05, 3.63) is 36.2 Å². The Morgan fingerprint density at radius 1 is 1.39 bits per heavy atom. The number of nitrogens with zero attached hydrogens (tertiary/aromatic N) is 3. The lowest BCUT2D eigenvalue weighted by Gasteiger charge is -2.05. The van der Waals surface area contributed by atoms with Crippen LogP contribution in [0.4, 0.5) is 5.82 Å². The van der Waals surface area contributed by atoms with Crippen LogP contribution in [-0.4, -0.2) is 27.5 Å². The van der Waals surface area contributed by atoms with Crippen molar-refractivity contribution in [1.29, 1.82) is 0 Å². The van der Waals surface area contributed by atoms with Gasteiger partial charge in [0.25, 0.3) is 0 Å². The lowest BCUT2D eigenvalue weighted by molar-refractivity contribution is 0.0527. The summed E-state index contributed by atoms with van der Waals surface area (Å²) in [5, 5.41) is 0. The monoisotopic (exact) mass is 244 g/mol. The van der Waals surface area contributed by atoms with Gasteiger partial charge in [0.2, 0.25) is 0 Å². The fraction of sp³-hybridized carbons (Fsp3) is 0.167. The number of ether oxygens (including phenoxy) is 1. The Labute approximate surface area is 104 Å². The molecule has 0 fully saturated rings. The third kappa shape index (κ3) is 2.42. The highest BCUT2D eigenvalue weighted by Gasteiger charge is 2.14. The number of nitrogen functional groups attached to an aromatic ring is 1. The number of esters is 1. The van der Waals surface area contributed by atoms with Crippen LogP contribution >= 0.6 is 0 Å². The molecule has 0 aliphatic carbocycles. The number of anilines is 1. The first-order valence-electron chi connectivity index (χ1n) is 5.43. The zero-order valence-corrected chi connectivity index (χ0v) is 9.83. The molecule has 0 radical (unpaired) electrons. The van der Waals surface area contributed by atoms with Gasteiger partial charge in [-0.2, -0.15) is 0 Å². The molecular formula is C12H12N4O2. The van der Waals surface area contributed by atoms with Crippen LogP contribution in [0.15, 0.2) is 30.6 Å². The van der Waals surface area contributed by atoms with Crippen molar-refractivity contribution in [3.8, 4) is 11.5 Å². The molecule has 2 heterocycles. The van der Waals surface area contributed by atoms with E-state index in [4.69, 9.17) is 10.5 Å². The van der Waals surface area contributed by atoms with E-state index in [9.17, 15) is 4.79 Å². The van der Waals surface area contributed by atoms with Crippen LogP contribution in [0.1, 0.15) is 17.3 Å². The smallest absolute Gasteiger partial charge is 0.343 e. The van der Waals surface area contributed by atoms with Crippen molar-refractivity contribution in [1.82, 2.24) is 15.0 Å². The number of rotatable bonds is 3. The van der Waals surface area contributed by atoms with E-state index in [1.165, 1.54) is 6.20 Å². The zero-order valence-electron chi connectivity index (χ0n) is 9.83. The molecule has 0 saturated carbocycles. The van der Waals surface area contributed by atoms with E-state index in [1.807, 2.05) is 6.07 Å². The van der Waals surface area contributed by atoms with Gasteiger partial charge < -0.3 is 10.5 Å². The van der Waals surface area contributed by atoms with E-state index in [1.54, 1.807) is 25.3 Å². The molecule has 0 aromatic carbocycles. The fourth-order valence-corrected chi connectivity index (χ4v) is 1.38. The van der Waals surface area contributed by atoms with Gasteiger partial charge in [-0.1, -0.05) is 6.07 Å². The average Bonchev–Trinajstić information content (AvgIpc) is 2.40. The van der Waals surface area contributed by atoms with Gasteiger partial charge in [-0.05, 0) is 19.1 Å². The quantitative estimate of drug-likeness (QED) is 0.818. The third-order valence-electron chi connectivity index (χ3n) is 2.21. The summed E-state index contributed by atoms with van der Waals surface area (Å²) in [5.74, 6) is -0.0622. The van der Waals surface area contributed by atoms with Gasteiger partial charge in [-0.25, -0.2) is 14.8 Å². The Morgan fingerprint density at radius 2 is 2.22 bits per heavy atom. The average molecular weight is 244 g/mol. The number of hydrogen-bond donors (Lipinski definition) is 1. The van der Waals surface area contributed by atoms with Gasteiger partial charge >= 0.3 is 5.97 Å². The molecule has 2 N–H and O–H groups in total. The molecule has 0 amide bonds. The molecule has 0 spiro atoms. The van der Waals surface area contributed by atoms with Crippen molar-refractivity contribution < 1.29 is 9.53 Å². The SMILES string of the molecule is CCOC(=O)c1cnc(-c2ccccn2)nc1N. The van der Waals surface area contributed by atoms with Crippen LogP contribution in [0.5, 0.6) is 0 Å². The van der Waals surface area contributed by atoms with Gasteiger partial charge in [0.15, 0.2) is 5.82 Å². The minimum Gasteiger partial charge on any atom is -0.462 e. The second-order valence-electron chi connectivity index (χ2n) is 3.43. The summed E-state index contributed by atoms with van der Waals surface area (Å²) < 4.78 is 4.84. The van der Waals surface area contributed by atoms with E-state index in [0.717, 1.165) is 0 Å². The minimum atomic E-state index is -0.525. The maximum atomic E-state index is 11.5. The van der Waals surface area contributed by atoms with Crippen LogP contribution in [0.3, 0.4) is 0 Å². The summed E-state index contributed by atoms with van der Waals surface area (Å²) in [6, 6.07) is 5.37. The van der Waals surface area contributed by atoms with Crippen LogP contribution < -0.4 is 5.73 Å². The van der Waals surface area contributed by atoms with Crippen molar-refractivity contribution in [2.75, 3.05) is 12.3 Å². The first-order chi connectivity index (χ1) is 8.72. The van der Waals surface area contributed by atoms with Crippen LogP contribution in [0.25, 0.3) is 11.5 Å². The standard InChI is InChI=1S/C12H12N4O2/c1-2-18-12(17)8-7-15-11(16-10(8)13)9-5-3-4-6-14-9/h3-7H,2H2,1H3,(H2,13,15,16). The highest BCUT2D eigenvalue weighted by molar-refractivity contribution is 5.93. The third-order valence-corrected chi connectivity index (χ3v) is 2.21. The highest BCUT2D eigenvalue weighted by atomic mass is 16.5. The molecule has 2 rings (SSSR count). The molecule has 6 heteroatoms. The predicted octanol–water partition coefficient (Wildman–Crippen LogP) is 1.30. The molecule has 0 aliphatic rings. The van der Waals surface area contributed by atoms with Crippen LogP contribution in [0.2, 0.25) is 0 Å². The molecule has 0 saturated heterocycles. The highest BCUT2D eigenvalue weighted by Crippen LogP contribution is 2.15. The van der Waals surface area contributed by atoms with E-state index in [-0.39, 0.29) is 18.0 Å². The summed E-state index contributed by atoms with van der Waals surface area (Å²) in [6.45, 7) is 2.00. The fourth-order valence-electron chi connectivity index (χ4n) is 1.38. The van der Waals surface area contributed by atoms with Gasteiger partial charge in [0.1, 0.15) is 17.1 Å². The molecule has 0 aliphatic heterocycles. The normalized spacial score (nSPS) is 10.1. The molecule has 18 heavy (non-hydrogen) atoms. The molecule has 0 bridgehead atoms. The first-order valence-corrected chi connectivity index (χ1v) is 5.43. The summed E-state index contributed by atoms with van der Waals surface area (Å²) in [6.07, 6.45) is 2.98. The van der Waals surface area contributed by atoms with Gasteiger partial charge in [-0.15, -0.1) is 0 Å². The van der Waals surface area contributed by atoms with E-state index in [0.29, 0.717) is 11.5 Å². The largest absolute Gasteiger partial charge is 0.462 e. The summed E-state index contributed by atoms with van der Waals surface area (Å²) in [4.78, 5) is 23.7. The van der Waals surface area contributed by atoms with Crippen molar-refractivity contribution in [2.45, 2.75) is 6.92 Å². The summed E-state index contributed by atoms with van der Waals surface area (Å²) in [5.41, 5.74) is 6.47. The second kappa shape index (κ2) is 5.22. The Bertz CT molecular complexity index is 557. The minimum absolute atomic E-state index is 0.0871.